The summed E-state index contributed by atoms with van der Waals surface area (Å²) in [5.74, 6) is -5.53. The third-order valence-corrected chi connectivity index (χ3v) is 16.4. The van der Waals surface area contributed by atoms with E-state index in [4.69, 9.17) is 66.3 Å². The van der Waals surface area contributed by atoms with Crippen LogP contribution in [0.2, 0.25) is 0 Å². The number of benzene rings is 3. The summed E-state index contributed by atoms with van der Waals surface area (Å²) in [6.07, 6.45) is -16.9. The Bertz CT molecular complexity index is 2800. The number of hydrogen-bond acceptors (Lipinski definition) is 21. The summed E-state index contributed by atoms with van der Waals surface area (Å²) in [6.45, 7) is 15.7. The fraction of sp³-hybridized carbons (Fsp3) is 0.607. The molecule has 0 bridgehead atoms. The van der Waals surface area contributed by atoms with Gasteiger partial charge in [-0.15, -0.1) is 0 Å². The zero-order valence-corrected chi connectivity index (χ0v) is 50.2. The van der Waals surface area contributed by atoms with Crippen LogP contribution >= 0.6 is 0 Å². The lowest BCUT2D eigenvalue weighted by atomic mass is 9.78. The van der Waals surface area contributed by atoms with Crippen molar-refractivity contribution in [1.82, 2.24) is 4.90 Å². The van der Waals surface area contributed by atoms with Crippen LogP contribution in [0.1, 0.15) is 112 Å². The molecule has 0 radical (unpaired) electrons. The molecule has 464 valence electrons. The average Bonchev–Trinajstić information content (AvgIpc) is 2.07. The highest BCUT2D eigenvalue weighted by atomic mass is 16.8. The quantitative estimate of drug-likeness (QED) is 0.0376. The molecule has 0 aromatic heterocycles. The maximum atomic E-state index is 15.1. The zero-order valence-electron chi connectivity index (χ0n) is 50.2. The highest BCUT2D eigenvalue weighted by Gasteiger charge is 2.61. The summed E-state index contributed by atoms with van der Waals surface area (Å²) in [4.78, 5) is 89.2. The zero-order chi connectivity index (χ0) is 61.8. The van der Waals surface area contributed by atoms with Gasteiger partial charge in [0.25, 0.3) is 0 Å². The van der Waals surface area contributed by atoms with Crippen LogP contribution in [0.5, 0.6) is 0 Å². The Morgan fingerprint density at radius 1 is 0.729 bits per heavy atom. The van der Waals surface area contributed by atoms with E-state index in [1.807, 2.05) is 24.3 Å². The molecule has 18 atom stereocenters. The van der Waals surface area contributed by atoms with E-state index in [0.29, 0.717) is 11.1 Å². The number of amides is 1. The standard InChI is InChI=1S/C61H80N4O20/c1-13-45-61(10)50(82-58(71)85-61)39(6)53(67)84-60(9,30-35(2)63-64-62)49(37(4)47(38(5)52(66)78-45)79-46-31-59(8,72-12)51(40(7)77-46)83-57(70)75-34-43-27-21-16-22-28-43)81-54-48(80-56(69)74-33-42-25-19-15-20-26-42)44(29-36(3)76-54)65(11)55(68)73-32-41-23-17-14-18-24-41/h14-28,35-40,44-51,54H,13,29-34H2,1-12H3/t35-,36+,37-,38+,39+,40-,44-,45+,46-,47-,48+,49+,50+,51-,54-,59+,60+,61+/m0/s1. The number of carbonyl (C=O) groups excluding carboxylic acids is 6. The second-order valence-electron chi connectivity index (χ2n) is 22.9. The van der Waals surface area contributed by atoms with Gasteiger partial charge in [-0.25, -0.2) is 19.2 Å². The second kappa shape index (κ2) is 28.8. The number of fused-ring (bicyclic) bond motifs is 1. The van der Waals surface area contributed by atoms with Gasteiger partial charge in [-0.1, -0.05) is 117 Å². The van der Waals surface area contributed by atoms with Gasteiger partial charge in [0.15, 0.2) is 36.5 Å². The van der Waals surface area contributed by atoms with Crippen LogP contribution < -0.4 is 0 Å². The number of azide groups is 1. The second-order valence-corrected chi connectivity index (χ2v) is 22.9. The Morgan fingerprint density at radius 2 is 1.29 bits per heavy atom. The minimum Gasteiger partial charge on any atom is -0.458 e. The van der Waals surface area contributed by atoms with Gasteiger partial charge in [0.2, 0.25) is 0 Å². The molecule has 24 nitrogen and oxygen atoms in total. The summed E-state index contributed by atoms with van der Waals surface area (Å²) in [5.41, 5.74) is 6.90. The van der Waals surface area contributed by atoms with E-state index in [0.717, 1.165) is 5.56 Å². The molecule has 3 aromatic rings. The van der Waals surface area contributed by atoms with Gasteiger partial charge in [0.05, 0.1) is 36.2 Å². The maximum Gasteiger partial charge on any atom is 0.509 e. The Kier molecular flexibility index (Phi) is 22.1. The van der Waals surface area contributed by atoms with E-state index in [2.05, 4.69) is 10.0 Å². The predicted octanol–water partition coefficient (Wildman–Crippen LogP) is 10.4. The van der Waals surface area contributed by atoms with Crippen LogP contribution in [0.3, 0.4) is 0 Å². The molecule has 0 aliphatic carbocycles. The molecule has 1 amide bonds. The fourth-order valence-electron chi connectivity index (χ4n) is 11.8. The number of esters is 2. The molecular formula is C61H80N4O20. The molecule has 3 aromatic carbocycles. The number of cyclic esters (lactones) is 2. The smallest absolute Gasteiger partial charge is 0.458 e. The van der Waals surface area contributed by atoms with Gasteiger partial charge in [-0.2, -0.15) is 0 Å². The number of ether oxygens (including phenoxy) is 14. The minimum absolute atomic E-state index is 0.0640. The number of likely N-dealkylation sites (N-methyl/N-ethyl adjacent to an activating group) is 1. The number of nitrogens with zero attached hydrogens (tertiary/aromatic N) is 4. The van der Waals surface area contributed by atoms with Crippen molar-refractivity contribution in [2.75, 3.05) is 14.2 Å². The van der Waals surface area contributed by atoms with Crippen molar-refractivity contribution in [3.8, 4) is 0 Å². The molecule has 0 spiro atoms. The molecule has 0 N–H and O–H groups in total. The average molecular weight is 1190 g/mol. The van der Waals surface area contributed by atoms with Gasteiger partial charge in [0, 0.05) is 37.4 Å². The number of rotatable bonds is 18. The van der Waals surface area contributed by atoms with Crippen LogP contribution in [0.25, 0.3) is 10.4 Å². The molecule has 0 saturated carbocycles. The van der Waals surface area contributed by atoms with E-state index < -0.39 is 145 Å². The molecule has 4 aliphatic rings. The Balaban J connectivity index is 1.32. The normalized spacial score (nSPS) is 33.6. The first-order valence-corrected chi connectivity index (χ1v) is 28.6. The Morgan fingerprint density at radius 3 is 1.85 bits per heavy atom. The summed E-state index contributed by atoms with van der Waals surface area (Å²) in [5, 5.41) is 3.97. The largest absolute Gasteiger partial charge is 0.509 e. The first kappa shape index (κ1) is 65.3. The molecule has 7 rings (SSSR count). The SMILES string of the molecule is CC[C@H]1OC(=O)[C@H](C)[C@@H](O[C@H]2C[C@@](C)(OC)[C@@H](OC(=O)OCc3ccccc3)[C@H](C)O2)[C@H](C)[C@@H](O[C@@H]2O[C@H](C)C[C@H](N(C)C(=O)OCc3ccccc3)[C@H]2OC(=O)OCc2ccccc2)[C@@](C)(C[C@H](C)N=[N+]=[N-])OC(=O)[C@H](C)[C@H]2OC(=O)O[C@@]21C. The molecule has 4 saturated heterocycles. The molecule has 85 heavy (non-hydrogen) atoms. The topological polar surface area (TPSA) is 284 Å². The molecular weight excluding hydrogens is 1110 g/mol. The van der Waals surface area contributed by atoms with Crippen molar-refractivity contribution in [2.24, 2.45) is 22.9 Å². The van der Waals surface area contributed by atoms with Crippen LogP contribution in [-0.2, 0) is 95.7 Å². The van der Waals surface area contributed by atoms with Crippen molar-refractivity contribution in [3.05, 3.63) is 118 Å². The molecule has 0 unspecified atom stereocenters. The van der Waals surface area contributed by atoms with Gasteiger partial charge in [0.1, 0.15) is 43.2 Å². The van der Waals surface area contributed by atoms with E-state index >= 15 is 9.59 Å². The van der Waals surface area contributed by atoms with Crippen molar-refractivity contribution >= 4 is 36.5 Å². The lowest BCUT2D eigenvalue weighted by Crippen LogP contribution is -2.62. The third-order valence-electron chi connectivity index (χ3n) is 16.4. The van der Waals surface area contributed by atoms with Crippen molar-refractivity contribution in [2.45, 2.75) is 205 Å². The lowest BCUT2D eigenvalue weighted by Gasteiger charge is -2.50. The van der Waals surface area contributed by atoms with E-state index in [1.54, 1.807) is 115 Å². The Hall–Kier alpha value is -7.21. The number of methoxy groups -OCH3 is 1. The monoisotopic (exact) mass is 1190 g/mol. The van der Waals surface area contributed by atoms with Crippen LogP contribution in [0.4, 0.5) is 19.2 Å². The Labute approximate surface area is 495 Å². The number of carbonyl (C=O) groups is 6. The molecule has 4 heterocycles. The molecule has 24 heteroatoms. The van der Waals surface area contributed by atoms with Crippen molar-refractivity contribution < 1.29 is 95.1 Å². The summed E-state index contributed by atoms with van der Waals surface area (Å²) < 4.78 is 87.0. The lowest BCUT2D eigenvalue weighted by molar-refractivity contribution is -0.319. The van der Waals surface area contributed by atoms with Crippen LogP contribution in [-0.4, -0.2) is 146 Å². The highest BCUT2D eigenvalue weighted by Crippen LogP contribution is 2.45. The predicted molar refractivity (Wildman–Crippen MR) is 299 cm³/mol. The van der Waals surface area contributed by atoms with Crippen molar-refractivity contribution in [1.29, 1.82) is 0 Å². The molecule has 4 aliphatic heterocycles. The molecule has 4 fully saturated rings. The van der Waals surface area contributed by atoms with E-state index in [9.17, 15) is 24.7 Å². The van der Waals surface area contributed by atoms with Gasteiger partial charge >= 0.3 is 36.5 Å². The minimum atomic E-state index is -1.96. The van der Waals surface area contributed by atoms with Crippen molar-refractivity contribution in [3.63, 3.8) is 0 Å². The highest BCUT2D eigenvalue weighted by molar-refractivity contribution is 5.76. The summed E-state index contributed by atoms with van der Waals surface area (Å²) in [7, 11) is 2.91. The van der Waals surface area contributed by atoms with Gasteiger partial charge in [-0.05, 0) is 90.0 Å². The van der Waals surface area contributed by atoms with Crippen LogP contribution in [0.15, 0.2) is 96.1 Å². The number of hydrogen-bond donors (Lipinski definition) is 0. The summed E-state index contributed by atoms with van der Waals surface area (Å²) in [6, 6.07) is 25.0. The van der Waals surface area contributed by atoms with Gasteiger partial charge < -0.3 is 71.2 Å². The van der Waals surface area contributed by atoms with Gasteiger partial charge in [-0.3, -0.25) is 9.59 Å². The first-order valence-electron chi connectivity index (χ1n) is 28.6. The van der Waals surface area contributed by atoms with E-state index in [1.165, 1.54) is 39.8 Å². The maximum absolute atomic E-state index is 15.1. The third kappa shape index (κ3) is 16.0. The van der Waals surface area contributed by atoms with E-state index in [-0.39, 0.29) is 45.5 Å². The first-order chi connectivity index (χ1) is 40.4. The fourth-order valence-corrected chi connectivity index (χ4v) is 11.8. The van der Waals surface area contributed by atoms with Crippen LogP contribution in [0, 0.1) is 17.8 Å². The summed E-state index contributed by atoms with van der Waals surface area (Å²) >= 11 is 0.